The van der Waals surface area contributed by atoms with Gasteiger partial charge in [-0.2, -0.15) is 0 Å². The minimum atomic E-state index is 0.780. The molecule has 2 rings (SSSR count). The molecule has 2 N–H and O–H groups in total. The fourth-order valence-corrected chi connectivity index (χ4v) is 3.32. The van der Waals surface area contributed by atoms with Crippen LogP contribution in [0, 0.1) is 13.8 Å². The van der Waals surface area contributed by atoms with E-state index in [0.29, 0.717) is 0 Å². The van der Waals surface area contributed by atoms with Gasteiger partial charge in [0.1, 0.15) is 0 Å². The Labute approximate surface area is 164 Å². The Morgan fingerprint density at radius 3 is 2.33 bits per heavy atom. The van der Waals surface area contributed by atoms with Gasteiger partial charge in [0.05, 0.1) is 0 Å². The van der Waals surface area contributed by atoms with Crippen LogP contribution in [-0.4, -0.2) is 13.1 Å². The molecule has 0 radical (unpaired) electrons. The van der Waals surface area contributed by atoms with Crippen LogP contribution in [0.25, 0.3) is 11.8 Å². The van der Waals surface area contributed by atoms with Crippen LogP contribution in [0.15, 0.2) is 72.5 Å². The average molecular weight is 361 g/mol. The van der Waals surface area contributed by atoms with Gasteiger partial charge in [0, 0.05) is 30.0 Å². The first-order chi connectivity index (χ1) is 12.8. The largest absolute Gasteiger partial charge is 0.383 e. The fraction of sp³-hybridized carbons (Fsp3) is 0.280. The van der Waals surface area contributed by atoms with Crippen molar-refractivity contribution in [2.24, 2.45) is 0 Å². The van der Waals surface area contributed by atoms with E-state index < -0.39 is 0 Å². The van der Waals surface area contributed by atoms with Gasteiger partial charge in [-0.1, -0.05) is 67.3 Å². The molecule has 0 saturated carbocycles. The highest BCUT2D eigenvalue weighted by molar-refractivity contribution is 5.81. The Morgan fingerprint density at radius 1 is 1.00 bits per heavy atom. The summed E-state index contributed by atoms with van der Waals surface area (Å²) in [4.78, 5) is 0. The third-order valence-corrected chi connectivity index (χ3v) is 4.86. The van der Waals surface area contributed by atoms with Gasteiger partial charge in [-0.25, -0.2) is 0 Å². The topological polar surface area (TPSA) is 24.1 Å². The van der Waals surface area contributed by atoms with Gasteiger partial charge in [-0.05, 0) is 56.4 Å². The van der Waals surface area contributed by atoms with E-state index in [-0.39, 0.29) is 0 Å². The van der Waals surface area contributed by atoms with Crippen LogP contribution in [-0.2, 0) is 0 Å². The Morgan fingerprint density at radius 2 is 1.63 bits per heavy atom. The van der Waals surface area contributed by atoms with E-state index in [0.717, 1.165) is 47.6 Å². The van der Waals surface area contributed by atoms with Crippen molar-refractivity contribution in [3.8, 4) is 0 Å². The number of allylic oxidation sites excluding steroid dienone is 6. The van der Waals surface area contributed by atoms with Crippen molar-refractivity contribution in [3.05, 3.63) is 94.8 Å². The van der Waals surface area contributed by atoms with Crippen molar-refractivity contribution >= 4 is 11.8 Å². The molecule has 0 fully saturated rings. The Hall–Kier alpha value is -2.74. The molecule has 2 nitrogen and oxygen atoms in total. The van der Waals surface area contributed by atoms with Crippen molar-refractivity contribution in [1.82, 2.24) is 10.6 Å². The monoisotopic (exact) mass is 360 g/mol. The molecule has 1 heterocycles. The minimum Gasteiger partial charge on any atom is -0.383 e. The van der Waals surface area contributed by atoms with Crippen molar-refractivity contribution in [1.29, 1.82) is 0 Å². The quantitative estimate of drug-likeness (QED) is 0.623. The number of benzene rings is 1. The molecule has 0 aromatic heterocycles. The Bertz CT molecular complexity index is 847. The highest BCUT2D eigenvalue weighted by Gasteiger charge is 2.17. The third-order valence-electron chi connectivity index (χ3n) is 4.86. The first-order valence-corrected chi connectivity index (χ1v) is 9.50. The van der Waals surface area contributed by atoms with E-state index in [1.54, 1.807) is 0 Å². The molecule has 0 unspecified atom stereocenters. The zero-order valence-corrected chi connectivity index (χ0v) is 17.2. The number of nitrogens with one attached hydrogen (secondary N) is 2. The zero-order chi connectivity index (χ0) is 20.0. The van der Waals surface area contributed by atoms with E-state index in [9.17, 15) is 0 Å². The molecule has 0 aliphatic carbocycles. The molecule has 27 heavy (non-hydrogen) atoms. The van der Waals surface area contributed by atoms with E-state index in [2.05, 4.69) is 75.4 Å². The molecule has 2 heteroatoms. The summed E-state index contributed by atoms with van der Waals surface area (Å²) < 4.78 is 0. The second-order valence-electron chi connectivity index (χ2n) is 7.15. The predicted octanol–water partition coefficient (Wildman–Crippen LogP) is 5.83. The molecule has 1 aromatic rings. The van der Waals surface area contributed by atoms with Crippen LogP contribution >= 0.6 is 0 Å². The molecule has 142 valence electrons. The fourth-order valence-electron chi connectivity index (χ4n) is 3.32. The summed E-state index contributed by atoms with van der Waals surface area (Å²) in [5, 5.41) is 6.97. The van der Waals surface area contributed by atoms with Crippen molar-refractivity contribution in [2.45, 2.75) is 34.1 Å². The maximum Gasteiger partial charge on any atom is 0.0473 e. The van der Waals surface area contributed by atoms with Gasteiger partial charge in [0.2, 0.25) is 0 Å². The van der Waals surface area contributed by atoms with Crippen molar-refractivity contribution < 1.29 is 0 Å². The molecule has 1 aliphatic heterocycles. The molecule has 0 bridgehead atoms. The summed E-state index contributed by atoms with van der Waals surface area (Å²) in [5.74, 6) is 0. The lowest BCUT2D eigenvalue weighted by Crippen LogP contribution is -2.21. The van der Waals surface area contributed by atoms with Gasteiger partial charge in [-0.3, -0.25) is 0 Å². The van der Waals surface area contributed by atoms with E-state index >= 15 is 0 Å². The average Bonchev–Trinajstić information content (AvgIpc) is 2.77. The van der Waals surface area contributed by atoms with E-state index in [4.69, 9.17) is 0 Å². The molecule has 0 amide bonds. The molecule has 1 aromatic carbocycles. The summed E-state index contributed by atoms with van der Waals surface area (Å²) >= 11 is 0. The summed E-state index contributed by atoms with van der Waals surface area (Å²) in [7, 11) is 0. The third kappa shape index (κ3) is 5.13. The molecule has 1 aliphatic rings. The Balaban J connectivity index is 2.46. The lowest BCUT2D eigenvalue weighted by molar-refractivity contribution is 0.776. The van der Waals surface area contributed by atoms with Gasteiger partial charge in [0.25, 0.3) is 0 Å². The SMILES string of the molecule is C=C(/C=C\C)CC(=C)/C=C\c1c(C)ccc(C)c1C1=C(C)C(=C)NCCN1. The van der Waals surface area contributed by atoms with Crippen LogP contribution in [0.2, 0.25) is 0 Å². The van der Waals surface area contributed by atoms with Crippen LogP contribution in [0.1, 0.15) is 42.5 Å². The van der Waals surface area contributed by atoms with E-state index in [1.807, 2.05) is 19.1 Å². The highest BCUT2D eigenvalue weighted by atomic mass is 15.0. The van der Waals surface area contributed by atoms with E-state index in [1.165, 1.54) is 22.3 Å². The first-order valence-electron chi connectivity index (χ1n) is 9.50. The zero-order valence-electron chi connectivity index (χ0n) is 17.2. The number of hydrogen-bond acceptors (Lipinski definition) is 2. The second-order valence-corrected chi connectivity index (χ2v) is 7.15. The van der Waals surface area contributed by atoms with Gasteiger partial charge in [-0.15, -0.1) is 0 Å². The minimum absolute atomic E-state index is 0.780. The second kappa shape index (κ2) is 9.27. The number of rotatable bonds is 6. The van der Waals surface area contributed by atoms with Gasteiger partial charge >= 0.3 is 0 Å². The summed E-state index contributed by atoms with van der Waals surface area (Å²) in [6.07, 6.45) is 9.12. The molecular weight excluding hydrogens is 328 g/mol. The van der Waals surface area contributed by atoms with Gasteiger partial charge in [0.15, 0.2) is 0 Å². The lowest BCUT2D eigenvalue weighted by Gasteiger charge is -2.19. The number of hydrogen-bond donors (Lipinski definition) is 2. The van der Waals surface area contributed by atoms with Crippen molar-refractivity contribution in [2.75, 3.05) is 13.1 Å². The molecule has 0 saturated heterocycles. The molecule has 0 spiro atoms. The maximum absolute atomic E-state index is 4.19. The Kier molecular flexibility index (Phi) is 7.06. The smallest absolute Gasteiger partial charge is 0.0473 e. The first kappa shape index (κ1) is 20.6. The summed E-state index contributed by atoms with van der Waals surface area (Å²) in [6.45, 7) is 22.6. The lowest BCUT2D eigenvalue weighted by atomic mass is 9.91. The van der Waals surface area contributed by atoms with Crippen LogP contribution in [0.5, 0.6) is 0 Å². The van der Waals surface area contributed by atoms with Crippen LogP contribution in [0.4, 0.5) is 0 Å². The molecule has 0 atom stereocenters. The number of aryl methyl sites for hydroxylation is 2. The predicted molar refractivity (Wildman–Crippen MR) is 120 cm³/mol. The summed E-state index contributed by atoms with van der Waals surface area (Å²) in [6, 6.07) is 4.37. The standard InChI is InChI=1S/C25H32N2/c1-8-9-17(2)16-18(3)10-13-23-19(4)11-12-20(5)24(23)25-21(6)22(7)26-14-15-27-25/h8-13,26-27H,2-3,7,14-16H2,1,4-6H3/b9-8-,13-10-. The normalized spacial score (nSPS) is 15.0. The maximum atomic E-state index is 4.19. The van der Waals surface area contributed by atoms with Gasteiger partial charge < -0.3 is 10.6 Å². The summed E-state index contributed by atoms with van der Waals surface area (Å²) in [5.41, 5.74) is 10.4. The highest BCUT2D eigenvalue weighted by Crippen LogP contribution is 2.30. The van der Waals surface area contributed by atoms with Crippen molar-refractivity contribution in [3.63, 3.8) is 0 Å². The molecular formula is C25H32N2. The van der Waals surface area contributed by atoms with Crippen LogP contribution in [0.3, 0.4) is 0 Å². The van der Waals surface area contributed by atoms with Crippen LogP contribution < -0.4 is 10.6 Å².